The largest absolute Gasteiger partial charge is 0.319 e. The number of thiazole rings is 1. The lowest BCUT2D eigenvalue weighted by atomic mass is 9.90. The lowest BCUT2D eigenvalue weighted by Crippen LogP contribution is -2.31. The number of aromatic nitrogens is 1. The molecular weight excluding hydrogens is 204 g/mol. The smallest absolute Gasteiger partial charge is 0.0931 e. The summed E-state index contributed by atoms with van der Waals surface area (Å²) in [5.74, 6) is 0.691. The molecule has 0 atom stereocenters. The van der Waals surface area contributed by atoms with Crippen molar-refractivity contribution in [3.8, 4) is 0 Å². The summed E-state index contributed by atoms with van der Waals surface area (Å²) in [6, 6.07) is 0. The van der Waals surface area contributed by atoms with Crippen molar-refractivity contribution in [2.45, 2.75) is 39.5 Å². The average Bonchev–Trinajstić information content (AvgIpc) is 2.51. The molecule has 86 valence electrons. The summed E-state index contributed by atoms with van der Waals surface area (Å²) in [7, 11) is 1.99. The van der Waals surface area contributed by atoms with Crippen LogP contribution >= 0.6 is 11.3 Å². The van der Waals surface area contributed by atoms with E-state index in [0.717, 1.165) is 13.0 Å². The summed E-state index contributed by atoms with van der Waals surface area (Å²) < 4.78 is 0. The van der Waals surface area contributed by atoms with Crippen molar-refractivity contribution < 1.29 is 0 Å². The molecule has 0 aliphatic rings. The Morgan fingerprint density at radius 2 is 2.13 bits per heavy atom. The van der Waals surface area contributed by atoms with E-state index in [-0.39, 0.29) is 5.41 Å². The van der Waals surface area contributed by atoms with Gasteiger partial charge in [-0.25, -0.2) is 4.98 Å². The van der Waals surface area contributed by atoms with Crippen molar-refractivity contribution in [1.82, 2.24) is 10.3 Å². The molecule has 0 spiro atoms. The molecule has 2 nitrogen and oxygen atoms in total. The summed E-state index contributed by atoms with van der Waals surface area (Å²) in [5.41, 5.74) is 1.36. The third kappa shape index (κ3) is 3.58. The van der Waals surface area contributed by atoms with Gasteiger partial charge in [0.2, 0.25) is 0 Å². The van der Waals surface area contributed by atoms with E-state index in [4.69, 9.17) is 4.98 Å². The predicted octanol–water partition coefficient (Wildman–Crippen LogP) is 2.84. The van der Waals surface area contributed by atoms with Gasteiger partial charge in [-0.05, 0) is 13.0 Å². The summed E-state index contributed by atoms with van der Waals surface area (Å²) in [6.45, 7) is 9.91. The minimum Gasteiger partial charge on any atom is -0.319 e. The zero-order valence-corrected chi connectivity index (χ0v) is 11.2. The maximum Gasteiger partial charge on any atom is 0.0931 e. The van der Waals surface area contributed by atoms with E-state index >= 15 is 0 Å². The third-order valence-electron chi connectivity index (χ3n) is 2.45. The van der Waals surface area contributed by atoms with E-state index < -0.39 is 0 Å². The molecule has 0 unspecified atom stereocenters. The first-order chi connectivity index (χ1) is 6.95. The molecule has 1 rings (SSSR count). The first-order valence-electron chi connectivity index (χ1n) is 5.55. The van der Waals surface area contributed by atoms with Crippen LogP contribution in [0.4, 0.5) is 0 Å². The fourth-order valence-electron chi connectivity index (χ4n) is 1.60. The van der Waals surface area contributed by atoms with Crippen LogP contribution in [0.15, 0.2) is 5.38 Å². The van der Waals surface area contributed by atoms with Gasteiger partial charge in [0.1, 0.15) is 0 Å². The van der Waals surface area contributed by atoms with Gasteiger partial charge in [-0.1, -0.05) is 27.7 Å². The molecular formula is C12H22N2S. The molecule has 1 N–H and O–H groups in total. The minimum atomic E-state index is 0.139. The standard InChI is InChI=1S/C12H22N2S/c1-9(2)6-11-14-10(7-15-11)12(3,4)8-13-5/h7,9,13H,6,8H2,1-5H3. The van der Waals surface area contributed by atoms with Crippen LogP contribution in [0.5, 0.6) is 0 Å². The summed E-state index contributed by atoms with van der Waals surface area (Å²) >= 11 is 1.79. The fraction of sp³-hybridized carbons (Fsp3) is 0.750. The third-order valence-corrected chi connectivity index (χ3v) is 3.32. The molecule has 1 aromatic rings. The zero-order valence-electron chi connectivity index (χ0n) is 10.4. The van der Waals surface area contributed by atoms with E-state index in [1.54, 1.807) is 11.3 Å². The van der Waals surface area contributed by atoms with Crippen LogP contribution < -0.4 is 5.32 Å². The number of nitrogens with one attached hydrogen (secondary N) is 1. The van der Waals surface area contributed by atoms with E-state index in [1.165, 1.54) is 10.7 Å². The second-order valence-corrected chi connectivity index (χ2v) is 6.08. The highest BCUT2D eigenvalue weighted by Crippen LogP contribution is 2.25. The Morgan fingerprint density at radius 1 is 1.47 bits per heavy atom. The number of hydrogen-bond donors (Lipinski definition) is 1. The van der Waals surface area contributed by atoms with Crippen molar-refractivity contribution in [3.63, 3.8) is 0 Å². The molecule has 0 saturated carbocycles. The maximum atomic E-state index is 4.72. The van der Waals surface area contributed by atoms with E-state index in [2.05, 4.69) is 38.4 Å². The van der Waals surface area contributed by atoms with Crippen LogP contribution in [0.1, 0.15) is 38.4 Å². The van der Waals surface area contributed by atoms with Gasteiger partial charge < -0.3 is 5.32 Å². The highest BCUT2D eigenvalue weighted by Gasteiger charge is 2.22. The second kappa shape index (κ2) is 5.08. The van der Waals surface area contributed by atoms with Crippen LogP contribution in [-0.4, -0.2) is 18.6 Å². The molecule has 0 radical (unpaired) electrons. The van der Waals surface area contributed by atoms with Crippen molar-refractivity contribution in [2.75, 3.05) is 13.6 Å². The van der Waals surface area contributed by atoms with Crippen molar-refractivity contribution in [1.29, 1.82) is 0 Å². The topological polar surface area (TPSA) is 24.9 Å². The lowest BCUT2D eigenvalue weighted by molar-refractivity contribution is 0.480. The number of likely N-dealkylation sites (N-methyl/N-ethyl adjacent to an activating group) is 1. The minimum absolute atomic E-state index is 0.139. The van der Waals surface area contributed by atoms with Gasteiger partial charge in [0.15, 0.2) is 0 Å². The zero-order chi connectivity index (χ0) is 11.5. The molecule has 3 heteroatoms. The van der Waals surface area contributed by atoms with Crippen LogP contribution in [0.25, 0.3) is 0 Å². The van der Waals surface area contributed by atoms with Gasteiger partial charge in [-0.15, -0.1) is 11.3 Å². The van der Waals surface area contributed by atoms with Gasteiger partial charge in [0.25, 0.3) is 0 Å². The Labute approximate surface area is 97.1 Å². The Hall–Kier alpha value is -0.410. The van der Waals surface area contributed by atoms with Gasteiger partial charge in [0, 0.05) is 23.8 Å². The van der Waals surface area contributed by atoms with E-state index in [9.17, 15) is 0 Å². The fourth-order valence-corrected chi connectivity index (χ4v) is 2.80. The highest BCUT2D eigenvalue weighted by molar-refractivity contribution is 7.09. The predicted molar refractivity (Wildman–Crippen MR) is 67.6 cm³/mol. The molecule has 0 fully saturated rings. The van der Waals surface area contributed by atoms with Crippen molar-refractivity contribution in [2.24, 2.45) is 5.92 Å². The number of nitrogens with zero attached hydrogens (tertiary/aromatic N) is 1. The van der Waals surface area contributed by atoms with Crippen LogP contribution in [-0.2, 0) is 11.8 Å². The molecule has 0 saturated heterocycles. The second-order valence-electron chi connectivity index (χ2n) is 5.14. The van der Waals surface area contributed by atoms with Crippen molar-refractivity contribution >= 4 is 11.3 Å². The Balaban J connectivity index is 2.74. The van der Waals surface area contributed by atoms with Crippen LogP contribution in [0, 0.1) is 5.92 Å². The van der Waals surface area contributed by atoms with E-state index in [1.807, 2.05) is 7.05 Å². The van der Waals surface area contributed by atoms with Crippen LogP contribution in [0.3, 0.4) is 0 Å². The molecule has 1 aromatic heterocycles. The molecule has 0 aliphatic carbocycles. The van der Waals surface area contributed by atoms with Gasteiger partial charge in [0.05, 0.1) is 10.7 Å². The number of hydrogen-bond acceptors (Lipinski definition) is 3. The Morgan fingerprint density at radius 3 is 2.67 bits per heavy atom. The molecule has 0 aliphatic heterocycles. The molecule has 0 bridgehead atoms. The first kappa shape index (κ1) is 12.7. The van der Waals surface area contributed by atoms with Gasteiger partial charge >= 0.3 is 0 Å². The lowest BCUT2D eigenvalue weighted by Gasteiger charge is -2.21. The number of rotatable bonds is 5. The first-order valence-corrected chi connectivity index (χ1v) is 6.43. The quantitative estimate of drug-likeness (QED) is 0.835. The summed E-state index contributed by atoms with van der Waals surface area (Å²) in [6.07, 6.45) is 1.10. The Kier molecular flexibility index (Phi) is 4.29. The summed E-state index contributed by atoms with van der Waals surface area (Å²) in [5, 5.41) is 6.69. The highest BCUT2D eigenvalue weighted by atomic mass is 32.1. The van der Waals surface area contributed by atoms with Crippen LogP contribution in [0.2, 0.25) is 0 Å². The van der Waals surface area contributed by atoms with E-state index in [0.29, 0.717) is 5.92 Å². The average molecular weight is 226 g/mol. The molecule has 1 heterocycles. The monoisotopic (exact) mass is 226 g/mol. The molecule has 0 aromatic carbocycles. The SMILES string of the molecule is CNCC(C)(C)c1csc(CC(C)C)n1. The van der Waals surface area contributed by atoms with Crippen molar-refractivity contribution in [3.05, 3.63) is 16.1 Å². The van der Waals surface area contributed by atoms with Gasteiger partial charge in [-0.3, -0.25) is 0 Å². The summed E-state index contributed by atoms with van der Waals surface area (Å²) in [4.78, 5) is 4.72. The van der Waals surface area contributed by atoms with Gasteiger partial charge in [-0.2, -0.15) is 0 Å². The molecule has 0 amide bonds. The maximum absolute atomic E-state index is 4.72. The Bertz CT molecular complexity index is 302. The molecule has 15 heavy (non-hydrogen) atoms. The normalized spacial score (nSPS) is 12.4.